The Balaban J connectivity index is 4.58. The van der Waals surface area contributed by atoms with Crippen LogP contribution in [-0.2, 0) is 19.6 Å². The fourth-order valence-corrected chi connectivity index (χ4v) is 1.72. The van der Waals surface area contributed by atoms with E-state index in [2.05, 4.69) is 4.74 Å². The van der Waals surface area contributed by atoms with Crippen molar-refractivity contribution in [1.82, 2.24) is 4.31 Å². The first-order chi connectivity index (χ1) is 6.86. The predicted octanol–water partition coefficient (Wildman–Crippen LogP) is 0.424. The Morgan fingerprint density at radius 1 is 1.40 bits per heavy atom. The third-order valence-electron chi connectivity index (χ3n) is 1.55. The van der Waals surface area contributed by atoms with Crippen LogP contribution in [0.1, 0.15) is 13.8 Å². The van der Waals surface area contributed by atoms with E-state index in [1.165, 1.54) is 13.8 Å². The van der Waals surface area contributed by atoms with E-state index >= 15 is 0 Å². The number of esters is 1. The first kappa shape index (κ1) is 14.2. The van der Waals surface area contributed by atoms with Crippen LogP contribution in [0.3, 0.4) is 0 Å². The molecule has 5 nitrogen and oxygen atoms in total. The zero-order chi connectivity index (χ0) is 12.1. The van der Waals surface area contributed by atoms with Gasteiger partial charge in [0.2, 0.25) is 0 Å². The van der Waals surface area contributed by atoms with Crippen LogP contribution in [0.4, 0.5) is 8.78 Å². The van der Waals surface area contributed by atoms with E-state index in [-0.39, 0.29) is 13.2 Å². The molecule has 0 aliphatic rings. The number of nitrogens with zero attached hydrogens (tertiary/aromatic N) is 1. The van der Waals surface area contributed by atoms with Gasteiger partial charge in [-0.1, -0.05) is 6.92 Å². The molecule has 0 aromatic carbocycles. The molecule has 0 aromatic rings. The molecule has 0 N–H and O–H groups in total. The monoisotopic (exact) mass is 245 g/mol. The normalized spacial score (nSPS) is 12.1. The van der Waals surface area contributed by atoms with Gasteiger partial charge in [-0.25, -0.2) is 8.42 Å². The Hall–Kier alpha value is -0.760. The SMILES string of the molecule is CCOC(=O)CN(CC)S(=O)(=O)C(F)F. The van der Waals surface area contributed by atoms with E-state index in [1.54, 1.807) is 0 Å². The van der Waals surface area contributed by atoms with Crippen molar-refractivity contribution in [3.05, 3.63) is 0 Å². The average molecular weight is 245 g/mol. The number of likely N-dealkylation sites (N-methyl/N-ethyl adjacent to an activating group) is 1. The number of carbonyl (C=O) groups is 1. The van der Waals surface area contributed by atoms with Crippen LogP contribution in [0.15, 0.2) is 0 Å². The standard InChI is InChI=1S/C7H13F2NO4S/c1-3-10(5-6(11)14-4-2)15(12,13)7(8)9/h7H,3-5H2,1-2H3. The number of halogens is 2. The van der Waals surface area contributed by atoms with Crippen LogP contribution in [-0.4, -0.2) is 44.1 Å². The molecule has 90 valence electrons. The maximum Gasteiger partial charge on any atom is 0.350 e. The summed E-state index contributed by atoms with van der Waals surface area (Å²) in [7, 11) is -4.70. The van der Waals surface area contributed by atoms with Gasteiger partial charge in [0.05, 0.1) is 6.61 Å². The van der Waals surface area contributed by atoms with E-state index in [9.17, 15) is 22.0 Å². The van der Waals surface area contributed by atoms with Crippen LogP contribution in [0.25, 0.3) is 0 Å². The van der Waals surface area contributed by atoms with Gasteiger partial charge < -0.3 is 4.74 Å². The van der Waals surface area contributed by atoms with Gasteiger partial charge in [-0.05, 0) is 6.92 Å². The zero-order valence-electron chi connectivity index (χ0n) is 8.44. The van der Waals surface area contributed by atoms with Crippen molar-refractivity contribution in [2.75, 3.05) is 19.7 Å². The first-order valence-corrected chi connectivity index (χ1v) is 5.79. The van der Waals surface area contributed by atoms with Crippen molar-refractivity contribution in [1.29, 1.82) is 0 Å². The molecule has 0 fully saturated rings. The average Bonchev–Trinajstić information content (AvgIpc) is 2.14. The molecule has 8 heteroatoms. The summed E-state index contributed by atoms with van der Waals surface area (Å²) in [5, 5.41) is 0. The molecule has 0 unspecified atom stereocenters. The maximum absolute atomic E-state index is 12.1. The highest BCUT2D eigenvalue weighted by atomic mass is 32.2. The molecule has 0 aromatic heterocycles. The summed E-state index contributed by atoms with van der Waals surface area (Å²) in [6.45, 7) is 2.09. The second-order valence-electron chi connectivity index (χ2n) is 2.54. The summed E-state index contributed by atoms with van der Waals surface area (Å²) in [5.41, 5.74) is 0. The summed E-state index contributed by atoms with van der Waals surface area (Å²) < 4.78 is 51.0. The van der Waals surface area contributed by atoms with Crippen LogP contribution in [0.5, 0.6) is 0 Å². The van der Waals surface area contributed by atoms with E-state index in [4.69, 9.17) is 0 Å². The molecule has 0 saturated heterocycles. The molecular formula is C7H13F2NO4S. The van der Waals surface area contributed by atoms with Gasteiger partial charge in [-0.15, -0.1) is 0 Å². The minimum atomic E-state index is -4.70. The molecule has 15 heavy (non-hydrogen) atoms. The van der Waals surface area contributed by atoms with Gasteiger partial charge >= 0.3 is 11.7 Å². The van der Waals surface area contributed by atoms with E-state index in [0.29, 0.717) is 4.31 Å². The first-order valence-electron chi connectivity index (χ1n) is 4.29. The van der Waals surface area contributed by atoms with Gasteiger partial charge in [0.1, 0.15) is 6.54 Å². The highest BCUT2D eigenvalue weighted by Gasteiger charge is 2.32. The summed E-state index contributed by atoms with van der Waals surface area (Å²) >= 11 is 0. The summed E-state index contributed by atoms with van der Waals surface area (Å²) in [6, 6.07) is 0. The lowest BCUT2D eigenvalue weighted by Gasteiger charge is -2.18. The van der Waals surface area contributed by atoms with Crippen LogP contribution in [0.2, 0.25) is 0 Å². The highest BCUT2D eigenvalue weighted by Crippen LogP contribution is 2.11. The summed E-state index contributed by atoms with van der Waals surface area (Å²) in [4.78, 5) is 10.9. The zero-order valence-corrected chi connectivity index (χ0v) is 9.26. The van der Waals surface area contributed by atoms with Crippen molar-refractivity contribution in [2.45, 2.75) is 19.6 Å². The largest absolute Gasteiger partial charge is 0.465 e. The molecule has 0 saturated carbocycles. The third-order valence-corrected chi connectivity index (χ3v) is 3.11. The van der Waals surface area contributed by atoms with Crippen LogP contribution in [0, 0.1) is 0 Å². The molecule has 0 aliphatic heterocycles. The van der Waals surface area contributed by atoms with Gasteiger partial charge in [-0.2, -0.15) is 13.1 Å². The number of rotatable bonds is 6. The Bertz CT molecular complexity index is 304. The Morgan fingerprint density at radius 2 is 1.93 bits per heavy atom. The van der Waals surface area contributed by atoms with Crippen LogP contribution < -0.4 is 0 Å². The van der Waals surface area contributed by atoms with Crippen molar-refractivity contribution < 1.29 is 26.7 Å². The lowest BCUT2D eigenvalue weighted by atomic mass is 10.6. The molecule has 0 bridgehead atoms. The fourth-order valence-electron chi connectivity index (χ4n) is 0.845. The topological polar surface area (TPSA) is 63.7 Å². The molecule has 0 heterocycles. The van der Waals surface area contributed by atoms with Crippen molar-refractivity contribution in [2.24, 2.45) is 0 Å². The van der Waals surface area contributed by atoms with Gasteiger partial charge in [-0.3, -0.25) is 4.79 Å². The number of carbonyl (C=O) groups excluding carboxylic acids is 1. The smallest absolute Gasteiger partial charge is 0.350 e. The molecule has 0 atom stereocenters. The molecule has 0 amide bonds. The van der Waals surface area contributed by atoms with E-state index < -0.39 is 28.3 Å². The second-order valence-corrected chi connectivity index (χ2v) is 4.44. The van der Waals surface area contributed by atoms with Gasteiger partial charge in [0.25, 0.3) is 10.0 Å². The molecule has 0 rings (SSSR count). The van der Waals surface area contributed by atoms with Gasteiger partial charge in [0.15, 0.2) is 0 Å². The predicted molar refractivity (Wildman–Crippen MR) is 48.8 cm³/mol. The summed E-state index contributed by atoms with van der Waals surface area (Å²) in [6.07, 6.45) is 0. The second kappa shape index (κ2) is 5.96. The van der Waals surface area contributed by atoms with E-state index in [0.717, 1.165) is 0 Å². The van der Waals surface area contributed by atoms with Crippen molar-refractivity contribution >= 4 is 16.0 Å². The minimum Gasteiger partial charge on any atom is -0.465 e. The molecule has 0 aliphatic carbocycles. The number of ether oxygens (including phenoxy) is 1. The number of alkyl halides is 2. The maximum atomic E-state index is 12.1. The quantitative estimate of drug-likeness (QED) is 0.636. The number of hydrogen-bond acceptors (Lipinski definition) is 4. The number of sulfonamides is 1. The summed E-state index contributed by atoms with van der Waals surface area (Å²) in [5.74, 6) is -4.37. The number of hydrogen-bond donors (Lipinski definition) is 0. The Kier molecular flexibility index (Phi) is 5.66. The molecule has 0 radical (unpaired) electrons. The highest BCUT2D eigenvalue weighted by molar-refractivity contribution is 7.89. The fraction of sp³-hybridized carbons (Fsp3) is 0.857. The molecular weight excluding hydrogens is 232 g/mol. The van der Waals surface area contributed by atoms with E-state index in [1.807, 2.05) is 0 Å². The van der Waals surface area contributed by atoms with Crippen LogP contribution >= 0.6 is 0 Å². The molecule has 0 spiro atoms. The lowest BCUT2D eigenvalue weighted by Crippen LogP contribution is -2.39. The third kappa shape index (κ3) is 4.08. The van der Waals surface area contributed by atoms with Crippen molar-refractivity contribution in [3.63, 3.8) is 0 Å². The van der Waals surface area contributed by atoms with Crippen molar-refractivity contribution in [3.8, 4) is 0 Å². The Labute approximate surface area is 87.1 Å². The minimum absolute atomic E-state index is 0.0745. The Morgan fingerprint density at radius 3 is 2.27 bits per heavy atom. The lowest BCUT2D eigenvalue weighted by molar-refractivity contribution is -0.143. The van der Waals surface area contributed by atoms with Gasteiger partial charge in [0, 0.05) is 6.54 Å².